The third-order valence-corrected chi connectivity index (χ3v) is 4.39. The fourth-order valence-corrected chi connectivity index (χ4v) is 3.39. The van der Waals surface area contributed by atoms with Crippen LogP contribution in [-0.2, 0) is 16.3 Å². The first-order valence-electron chi connectivity index (χ1n) is 5.51. The van der Waals surface area contributed by atoms with Crippen LogP contribution in [0.5, 0.6) is 0 Å². The van der Waals surface area contributed by atoms with Crippen molar-refractivity contribution in [1.82, 2.24) is 0 Å². The number of aryl methyl sites for hydroxylation is 1. The van der Waals surface area contributed by atoms with Gasteiger partial charge in [0.1, 0.15) is 0 Å². The van der Waals surface area contributed by atoms with Gasteiger partial charge in [0.25, 0.3) is 0 Å². The van der Waals surface area contributed by atoms with Crippen LogP contribution in [0.1, 0.15) is 29.8 Å². The van der Waals surface area contributed by atoms with E-state index in [2.05, 4.69) is 6.58 Å². The summed E-state index contributed by atoms with van der Waals surface area (Å²) in [5.74, 6) is -1.30. The van der Waals surface area contributed by atoms with Crippen molar-refractivity contribution >= 4 is 15.8 Å². The summed E-state index contributed by atoms with van der Waals surface area (Å²) in [6.07, 6.45) is 0.532. The van der Waals surface area contributed by atoms with Crippen molar-refractivity contribution in [2.75, 3.05) is 5.75 Å². The number of carboxylic acids is 1. The molecule has 18 heavy (non-hydrogen) atoms. The number of sulfone groups is 1. The van der Waals surface area contributed by atoms with E-state index in [-0.39, 0.29) is 16.2 Å². The summed E-state index contributed by atoms with van der Waals surface area (Å²) in [6, 6.07) is 4.19. The van der Waals surface area contributed by atoms with Crippen LogP contribution in [0.2, 0.25) is 0 Å². The zero-order chi connectivity index (χ0) is 13.9. The van der Waals surface area contributed by atoms with Gasteiger partial charge in [-0.25, -0.2) is 13.2 Å². The minimum atomic E-state index is -3.52. The largest absolute Gasteiger partial charge is 0.478 e. The van der Waals surface area contributed by atoms with Gasteiger partial charge in [0.2, 0.25) is 0 Å². The SMILES string of the molecule is C=C(C)CS(=O)(=O)c1cc(C(=O)O)ccc1CC. The van der Waals surface area contributed by atoms with Gasteiger partial charge < -0.3 is 5.11 Å². The molecule has 0 aliphatic rings. The Hall–Kier alpha value is -1.62. The lowest BCUT2D eigenvalue weighted by Gasteiger charge is -2.10. The Morgan fingerprint density at radius 3 is 2.44 bits per heavy atom. The lowest BCUT2D eigenvalue weighted by molar-refractivity contribution is 0.0696. The second-order valence-corrected chi connectivity index (χ2v) is 6.16. The highest BCUT2D eigenvalue weighted by Gasteiger charge is 2.20. The summed E-state index contributed by atoms with van der Waals surface area (Å²) in [5, 5.41) is 8.91. The quantitative estimate of drug-likeness (QED) is 0.832. The van der Waals surface area contributed by atoms with Gasteiger partial charge >= 0.3 is 5.97 Å². The van der Waals surface area contributed by atoms with E-state index in [1.165, 1.54) is 12.1 Å². The molecule has 0 saturated heterocycles. The molecule has 0 aliphatic carbocycles. The molecule has 0 heterocycles. The first-order chi connectivity index (χ1) is 8.27. The smallest absolute Gasteiger partial charge is 0.335 e. The summed E-state index contributed by atoms with van der Waals surface area (Å²) in [6.45, 7) is 7.04. The lowest BCUT2D eigenvalue weighted by atomic mass is 10.1. The third-order valence-electron chi connectivity index (χ3n) is 2.47. The molecule has 0 bridgehead atoms. The van der Waals surface area contributed by atoms with E-state index in [1.807, 2.05) is 6.92 Å². The number of benzene rings is 1. The predicted molar refractivity (Wildman–Crippen MR) is 69.6 cm³/mol. The summed E-state index contributed by atoms with van der Waals surface area (Å²) in [4.78, 5) is 11.0. The molecule has 0 spiro atoms. The highest BCUT2D eigenvalue weighted by Crippen LogP contribution is 2.21. The van der Waals surface area contributed by atoms with E-state index in [0.29, 0.717) is 17.6 Å². The minimum absolute atomic E-state index is 0.0208. The molecule has 0 atom stereocenters. The Morgan fingerprint density at radius 2 is 2.00 bits per heavy atom. The van der Waals surface area contributed by atoms with Crippen molar-refractivity contribution in [2.45, 2.75) is 25.2 Å². The molecule has 0 fully saturated rings. The van der Waals surface area contributed by atoms with Gasteiger partial charge in [0.15, 0.2) is 9.84 Å². The maximum Gasteiger partial charge on any atom is 0.335 e. The van der Waals surface area contributed by atoms with Crippen LogP contribution in [0.4, 0.5) is 0 Å². The van der Waals surface area contributed by atoms with E-state index in [0.717, 1.165) is 0 Å². The molecule has 5 heteroatoms. The molecule has 0 amide bonds. The fourth-order valence-electron chi connectivity index (χ4n) is 1.67. The Balaban J connectivity index is 3.41. The van der Waals surface area contributed by atoms with E-state index in [4.69, 9.17) is 5.11 Å². The van der Waals surface area contributed by atoms with Gasteiger partial charge in [0.05, 0.1) is 16.2 Å². The fraction of sp³-hybridized carbons (Fsp3) is 0.308. The van der Waals surface area contributed by atoms with Crippen molar-refractivity contribution in [2.24, 2.45) is 0 Å². The zero-order valence-electron chi connectivity index (χ0n) is 10.4. The third kappa shape index (κ3) is 3.20. The molecule has 0 aromatic heterocycles. The predicted octanol–water partition coefficient (Wildman–Crippen LogP) is 2.30. The van der Waals surface area contributed by atoms with Crippen molar-refractivity contribution in [3.63, 3.8) is 0 Å². The highest BCUT2D eigenvalue weighted by atomic mass is 32.2. The van der Waals surface area contributed by atoms with Gasteiger partial charge in [-0.2, -0.15) is 0 Å². The molecule has 1 N–H and O–H groups in total. The monoisotopic (exact) mass is 268 g/mol. The first kappa shape index (κ1) is 14.4. The molecule has 0 unspecified atom stereocenters. The van der Waals surface area contributed by atoms with Crippen molar-refractivity contribution in [3.8, 4) is 0 Å². The van der Waals surface area contributed by atoms with Crippen LogP contribution >= 0.6 is 0 Å². The normalized spacial score (nSPS) is 11.2. The van der Waals surface area contributed by atoms with Crippen molar-refractivity contribution in [1.29, 1.82) is 0 Å². The van der Waals surface area contributed by atoms with E-state index >= 15 is 0 Å². The van der Waals surface area contributed by atoms with E-state index in [9.17, 15) is 13.2 Å². The van der Waals surface area contributed by atoms with Crippen LogP contribution in [0.3, 0.4) is 0 Å². The second kappa shape index (κ2) is 5.35. The minimum Gasteiger partial charge on any atom is -0.478 e. The van der Waals surface area contributed by atoms with E-state index in [1.54, 1.807) is 13.0 Å². The number of carbonyl (C=O) groups is 1. The Kier molecular flexibility index (Phi) is 4.29. The molecule has 0 radical (unpaired) electrons. The summed E-state index contributed by atoms with van der Waals surface area (Å²) in [7, 11) is -3.52. The number of aromatic carboxylic acids is 1. The summed E-state index contributed by atoms with van der Waals surface area (Å²) in [5.41, 5.74) is 1.13. The molecule has 1 rings (SSSR count). The first-order valence-corrected chi connectivity index (χ1v) is 7.16. The van der Waals surface area contributed by atoms with Crippen LogP contribution in [0.25, 0.3) is 0 Å². The summed E-state index contributed by atoms with van der Waals surface area (Å²) >= 11 is 0. The second-order valence-electron chi connectivity index (χ2n) is 4.20. The molecular formula is C13H16O4S. The molecule has 0 saturated carbocycles. The maximum absolute atomic E-state index is 12.1. The van der Waals surface area contributed by atoms with Gasteiger partial charge in [0, 0.05) is 0 Å². The van der Waals surface area contributed by atoms with Gasteiger partial charge in [-0.3, -0.25) is 0 Å². The number of carboxylic acid groups (broad SMARTS) is 1. The molecule has 0 aliphatic heterocycles. The molecular weight excluding hydrogens is 252 g/mol. The van der Waals surface area contributed by atoms with Gasteiger partial charge in [-0.1, -0.05) is 25.1 Å². The standard InChI is InChI=1S/C13H16O4S/c1-4-10-5-6-11(13(14)15)7-12(10)18(16,17)8-9(2)3/h5-7H,2,4,8H2,1,3H3,(H,14,15). The van der Waals surface area contributed by atoms with Gasteiger partial charge in [-0.15, -0.1) is 0 Å². The molecule has 4 nitrogen and oxygen atoms in total. The zero-order valence-corrected chi connectivity index (χ0v) is 11.3. The highest BCUT2D eigenvalue weighted by molar-refractivity contribution is 7.91. The number of hydrogen-bond donors (Lipinski definition) is 1. The van der Waals surface area contributed by atoms with Crippen LogP contribution in [-0.4, -0.2) is 25.2 Å². The molecule has 1 aromatic rings. The maximum atomic E-state index is 12.1. The molecule has 1 aromatic carbocycles. The topological polar surface area (TPSA) is 71.4 Å². The lowest BCUT2D eigenvalue weighted by Crippen LogP contribution is -2.11. The average Bonchev–Trinajstić information content (AvgIpc) is 2.26. The number of rotatable bonds is 5. The van der Waals surface area contributed by atoms with Gasteiger partial charge in [-0.05, 0) is 31.0 Å². The molecule has 98 valence electrons. The number of hydrogen-bond acceptors (Lipinski definition) is 3. The Labute approximate surface area is 107 Å². The Bertz CT molecular complexity index is 585. The van der Waals surface area contributed by atoms with Crippen LogP contribution in [0.15, 0.2) is 35.2 Å². The van der Waals surface area contributed by atoms with Crippen LogP contribution < -0.4 is 0 Å². The van der Waals surface area contributed by atoms with Crippen molar-refractivity contribution in [3.05, 3.63) is 41.5 Å². The van der Waals surface area contributed by atoms with Crippen LogP contribution in [0, 0.1) is 0 Å². The summed E-state index contributed by atoms with van der Waals surface area (Å²) < 4.78 is 24.3. The average molecular weight is 268 g/mol. The van der Waals surface area contributed by atoms with Crippen molar-refractivity contribution < 1.29 is 18.3 Å². The Morgan fingerprint density at radius 1 is 1.39 bits per heavy atom. The van der Waals surface area contributed by atoms with E-state index < -0.39 is 15.8 Å².